The van der Waals surface area contributed by atoms with Crippen LogP contribution in [-0.4, -0.2) is 115 Å². The van der Waals surface area contributed by atoms with Crippen molar-refractivity contribution in [3.05, 3.63) is 132 Å². The summed E-state index contributed by atoms with van der Waals surface area (Å²) in [6.07, 6.45) is 2.48. The molecule has 5 aromatic carbocycles. The third kappa shape index (κ3) is 13.0. The van der Waals surface area contributed by atoms with Gasteiger partial charge in [-0.25, -0.2) is 25.3 Å². The van der Waals surface area contributed by atoms with E-state index in [1.54, 1.807) is 24.3 Å². The molecule has 2 aliphatic heterocycles. The zero-order valence-corrected chi connectivity index (χ0v) is 46.1. The Morgan fingerprint density at radius 1 is 0.760 bits per heavy atom. The van der Waals surface area contributed by atoms with Crippen molar-refractivity contribution >= 4 is 75.8 Å². The number of benzene rings is 5. The van der Waals surface area contributed by atoms with E-state index in [9.17, 15) is 43.5 Å². The number of aromatic nitrogens is 1. The number of piperazine rings is 1. The van der Waals surface area contributed by atoms with Crippen molar-refractivity contribution in [2.45, 2.75) is 89.7 Å². The van der Waals surface area contributed by atoms with Crippen LogP contribution < -0.4 is 19.8 Å². The first kappa shape index (κ1) is 56.0. The lowest BCUT2D eigenvalue weighted by atomic mass is 9.99. The number of rotatable bonds is 19. The molecule has 21 heteroatoms. The van der Waals surface area contributed by atoms with Crippen LogP contribution in [0.15, 0.2) is 141 Å². The van der Waals surface area contributed by atoms with Crippen molar-refractivity contribution in [3.8, 4) is 22.4 Å². The number of sulfonamides is 1. The van der Waals surface area contributed by atoms with E-state index in [4.69, 9.17) is 11.6 Å². The number of piperidine rings is 1. The van der Waals surface area contributed by atoms with E-state index >= 15 is 0 Å². The molecule has 2 saturated heterocycles. The summed E-state index contributed by atoms with van der Waals surface area (Å²) in [6, 6.07) is 33.4. The summed E-state index contributed by atoms with van der Waals surface area (Å²) in [6.45, 7) is 10.8. The molecule has 1 aromatic heterocycles. The molecule has 402 valence electrons. The van der Waals surface area contributed by atoms with Crippen LogP contribution in [-0.2, 0) is 36.2 Å². The lowest BCUT2D eigenvalue weighted by molar-refractivity contribution is -0.0435. The predicted molar refractivity (Wildman–Crippen MR) is 295 cm³/mol. The van der Waals surface area contributed by atoms with Gasteiger partial charge in [0.05, 0.1) is 27.3 Å². The van der Waals surface area contributed by atoms with Crippen LogP contribution in [0.1, 0.15) is 51.6 Å². The molecule has 3 heterocycles. The Kier molecular flexibility index (Phi) is 17.3. The number of nitrogens with one attached hydrogen (secondary N) is 2. The fourth-order valence-electron chi connectivity index (χ4n) is 9.85. The number of aliphatic hydroxyl groups is 1. The van der Waals surface area contributed by atoms with Gasteiger partial charge in [-0.3, -0.25) is 4.72 Å². The number of alkyl halides is 3. The fraction of sp³-hybridized carbons (Fsp3) is 0.370. The van der Waals surface area contributed by atoms with Crippen molar-refractivity contribution < 1.29 is 43.5 Å². The van der Waals surface area contributed by atoms with E-state index in [2.05, 4.69) is 29.3 Å². The van der Waals surface area contributed by atoms with E-state index in [0.717, 1.165) is 50.9 Å². The van der Waals surface area contributed by atoms with Crippen molar-refractivity contribution in [2.75, 3.05) is 77.7 Å². The molecule has 2 aliphatic rings. The average molecular weight is 1130 g/mol. The normalized spacial score (nSPS) is 15.9. The third-order valence-corrected chi connectivity index (χ3v) is 19.1. The highest BCUT2D eigenvalue weighted by Crippen LogP contribution is 2.45. The number of likely N-dealkylation sites (tertiary alicyclic amines) is 1. The summed E-state index contributed by atoms with van der Waals surface area (Å²) in [7, 11) is -14.3. The minimum atomic E-state index is -6.03. The SMILES string of the molecule is CCn1c(-c2ccc(Cl)cc2)c(-c2cccc(N3CCN(c4ccc(NS(=O)(=O)c5ccc(N[C@H](CCN6CCC(O)CC6)CSc6ccccc6)c(S(=O)(=O)C(F)(F)F)c5)cc4)CC3)c2)c(S(C)(=O)=O)c1C(C)C. The van der Waals surface area contributed by atoms with E-state index in [-0.39, 0.29) is 17.3 Å². The van der Waals surface area contributed by atoms with Crippen LogP contribution in [0.2, 0.25) is 5.02 Å². The highest BCUT2D eigenvalue weighted by atomic mass is 35.5. The number of hydrogen-bond acceptors (Lipinski definition) is 12. The maximum Gasteiger partial charge on any atom is 0.501 e. The molecule has 0 aliphatic carbocycles. The first-order valence-electron chi connectivity index (χ1n) is 24.8. The number of hydrogen-bond donors (Lipinski definition) is 3. The van der Waals surface area contributed by atoms with E-state index in [0.29, 0.717) is 98.9 Å². The van der Waals surface area contributed by atoms with Crippen LogP contribution in [0.5, 0.6) is 0 Å². The molecule has 3 N–H and O–H groups in total. The molecule has 6 aromatic rings. The Bertz CT molecular complexity index is 3290. The smallest absolute Gasteiger partial charge is 0.393 e. The standard InChI is InChI=1S/C54H62ClF3N6O7S4/c1-5-64-51(37(2)3)53(73(4,66)67)50(52(64)38-14-16-40(55)17-15-38)39-10-9-11-44(34-39)63-32-30-62(31-33-63)43-20-18-41(19-21-43)60-75(70,71)47-22-23-48(49(35-47)74(68,69)54(56,57)58)59-42(36-72-46-12-7-6-8-13-46)24-27-61-28-25-45(65)26-29-61/h6-23,34-35,37,42,45,59-60,65H,5,24-33,36H2,1-4H3/t42-/m1/s1. The minimum absolute atomic E-state index is 0.0894. The zero-order valence-electron chi connectivity index (χ0n) is 42.1. The Labute approximate surface area is 448 Å². The first-order chi connectivity index (χ1) is 35.5. The average Bonchev–Trinajstić information content (AvgIpc) is 3.75. The number of anilines is 4. The second-order valence-electron chi connectivity index (χ2n) is 19.2. The van der Waals surface area contributed by atoms with Gasteiger partial charge in [0.25, 0.3) is 19.9 Å². The van der Waals surface area contributed by atoms with Gasteiger partial charge in [-0.15, -0.1) is 11.8 Å². The molecule has 0 radical (unpaired) electrons. The summed E-state index contributed by atoms with van der Waals surface area (Å²) < 4.78 is 129. The quantitative estimate of drug-likeness (QED) is 0.0660. The van der Waals surface area contributed by atoms with Crippen LogP contribution in [0.4, 0.5) is 35.9 Å². The second-order valence-corrected chi connectivity index (χ2v) is 26.3. The third-order valence-electron chi connectivity index (χ3n) is 13.6. The van der Waals surface area contributed by atoms with Gasteiger partial charge in [0.15, 0.2) is 9.84 Å². The Morgan fingerprint density at radius 3 is 2.00 bits per heavy atom. The molecule has 2 fully saturated rings. The molecule has 1 atom stereocenters. The highest BCUT2D eigenvalue weighted by Gasteiger charge is 2.48. The number of halogens is 4. The molecular formula is C54H62ClF3N6O7S4. The summed E-state index contributed by atoms with van der Waals surface area (Å²) in [5.41, 5.74) is -0.463. The van der Waals surface area contributed by atoms with Crippen molar-refractivity contribution in [2.24, 2.45) is 0 Å². The molecule has 75 heavy (non-hydrogen) atoms. The number of thioether (sulfide) groups is 1. The number of nitrogens with zero attached hydrogens (tertiary/aromatic N) is 4. The largest absolute Gasteiger partial charge is 0.501 e. The van der Waals surface area contributed by atoms with Gasteiger partial charge in [0.1, 0.15) is 4.90 Å². The summed E-state index contributed by atoms with van der Waals surface area (Å²) in [4.78, 5) is 5.86. The van der Waals surface area contributed by atoms with E-state index in [1.807, 2.05) is 87.5 Å². The number of aliphatic hydroxyl groups excluding tert-OH is 1. The molecule has 0 saturated carbocycles. The molecule has 8 rings (SSSR count). The molecule has 13 nitrogen and oxygen atoms in total. The first-order valence-corrected chi connectivity index (χ1v) is 31.0. The van der Waals surface area contributed by atoms with Crippen LogP contribution >= 0.6 is 23.4 Å². The molecule has 0 spiro atoms. The lowest BCUT2D eigenvalue weighted by Crippen LogP contribution is -2.46. The van der Waals surface area contributed by atoms with E-state index in [1.165, 1.54) is 30.2 Å². The van der Waals surface area contributed by atoms with Gasteiger partial charge < -0.3 is 29.7 Å². The van der Waals surface area contributed by atoms with Gasteiger partial charge in [-0.1, -0.05) is 67.9 Å². The van der Waals surface area contributed by atoms with Crippen LogP contribution in [0.25, 0.3) is 22.4 Å². The number of sulfone groups is 2. The Balaban J connectivity index is 0.981. The summed E-state index contributed by atoms with van der Waals surface area (Å²) in [5.74, 6) is 0.276. The second kappa shape index (κ2) is 23.2. The van der Waals surface area contributed by atoms with Gasteiger partial charge in [0.2, 0.25) is 0 Å². The lowest BCUT2D eigenvalue weighted by Gasteiger charge is -2.37. The van der Waals surface area contributed by atoms with Gasteiger partial charge in [0, 0.05) is 109 Å². The van der Waals surface area contributed by atoms with Gasteiger partial charge >= 0.3 is 5.51 Å². The van der Waals surface area contributed by atoms with Crippen molar-refractivity contribution in [1.29, 1.82) is 0 Å². The van der Waals surface area contributed by atoms with Gasteiger partial charge in [-0.05, 0) is 122 Å². The summed E-state index contributed by atoms with van der Waals surface area (Å²) >= 11 is 7.74. The van der Waals surface area contributed by atoms with Crippen molar-refractivity contribution in [1.82, 2.24) is 9.47 Å². The van der Waals surface area contributed by atoms with Crippen LogP contribution in [0, 0.1) is 0 Å². The van der Waals surface area contributed by atoms with Crippen LogP contribution in [0.3, 0.4) is 0 Å². The Morgan fingerprint density at radius 2 is 1.40 bits per heavy atom. The van der Waals surface area contributed by atoms with Crippen molar-refractivity contribution in [3.63, 3.8) is 0 Å². The Hall–Kier alpha value is -5.22. The van der Waals surface area contributed by atoms with Gasteiger partial charge in [-0.2, -0.15) is 13.2 Å². The molecule has 0 amide bonds. The fourth-order valence-corrected chi connectivity index (χ4v) is 14.4. The highest BCUT2D eigenvalue weighted by molar-refractivity contribution is 7.99. The molecule has 0 unspecified atom stereocenters. The maximum absolute atomic E-state index is 14.3. The summed E-state index contributed by atoms with van der Waals surface area (Å²) in [5, 5.41) is 13.6. The maximum atomic E-state index is 14.3. The molecular weight excluding hydrogens is 1070 g/mol. The van der Waals surface area contributed by atoms with E-state index < -0.39 is 57.1 Å². The minimum Gasteiger partial charge on any atom is -0.393 e. The topological polar surface area (TPSA) is 161 Å². The monoisotopic (exact) mass is 1130 g/mol. The zero-order chi connectivity index (χ0) is 53.9. The molecule has 0 bridgehead atoms. The predicted octanol–water partition coefficient (Wildman–Crippen LogP) is 10.9.